The molecule has 0 spiro atoms. The fourth-order valence-electron chi connectivity index (χ4n) is 3.31. The summed E-state index contributed by atoms with van der Waals surface area (Å²) in [7, 11) is 0. The number of anilines is 2. The fourth-order valence-corrected chi connectivity index (χ4v) is 3.61. The number of carbonyl (C=O) groups is 2. The van der Waals surface area contributed by atoms with Gasteiger partial charge in [-0.1, -0.05) is 41.4 Å². The van der Waals surface area contributed by atoms with Crippen LogP contribution in [0.1, 0.15) is 16.7 Å². The van der Waals surface area contributed by atoms with Gasteiger partial charge in [0.25, 0.3) is 11.8 Å². The van der Waals surface area contributed by atoms with Crippen LogP contribution in [0.25, 0.3) is 5.57 Å². The summed E-state index contributed by atoms with van der Waals surface area (Å²) in [5, 5.41) is 13.2. The van der Waals surface area contributed by atoms with Gasteiger partial charge in [0.05, 0.1) is 22.9 Å². The van der Waals surface area contributed by atoms with Crippen LogP contribution in [-0.2, 0) is 9.59 Å². The normalized spacial score (nSPS) is 13.5. The van der Waals surface area contributed by atoms with Crippen LogP contribution in [0.3, 0.4) is 0 Å². The predicted molar refractivity (Wildman–Crippen MR) is 122 cm³/mol. The second-order valence-electron chi connectivity index (χ2n) is 6.95. The van der Waals surface area contributed by atoms with E-state index in [0.717, 1.165) is 10.5 Å². The van der Waals surface area contributed by atoms with E-state index in [1.54, 1.807) is 60.7 Å². The van der Waals surface area contributed by atoms with Gasteiger partial charge in [-0.05, 0) is 66.6 Å². The highest BCUT2D eigenvalue weighted by atomic mass is 35.5. The summed E-state index contributed by atoms with van der Waals surface area (Å²) in [6, 6.07) is 20.3. The van der Waals surface area contributed by atoms with Crippen molar-refractivity contribution in [2.45, 2.75) is 6.92 Å². The first-order valence-corrected chi connectivity index (χ1v) is 10.1. The third kappa shape index (κ3) is 3.91. The van der Waals surface area contributed by atoms with Gasteiger partial charge >= 0.3 is 0 Å². The van der Waals surface area contributed by atoms with Crippen molar-refractivity contribution in [2.24, 2.45) is 0 Å². The second kappa shape index (κ2) is 8.27. The summed E-state index contributed by atoms with van der Waals surface area (Å²) in [4.78, 5) is 27.9. The van der Waals surface area contributed by atoms with Gasteiger partial charge in [0.2, 0.25) is 0 Å². The molecular weight excluding hydrogens is 433 g/mol. The Morgan fingerprint density at radius 3 is 2.16 bits per heavy atom. The number of hydrogen-bond acceptors (Lipinski definition) is 4. The summed E-state index contributed by atoms with van der Waals surface area (Å²) in [5.74, 6) is -0.974. The average molecular weight is 448 g/mol. The van der Waals surface area contributed by atoms with E-state index in [2.05, 4.69) is 5.32 Å². The molecule has 5 nitrogen and oxygen atoms in total. The van der Waals surface area contributed by atoms with E-state index in [0.29, 0.717) is 32.5 Å². The minimum absolute atomic E-state index is 0.141. The number of imide groups is 1. The van der Waals surface area contributed by atoms with Gasteiger partial charge in [0.1, 0.15) is 5.70 Å². The molecule has 1 N–H and O–H groups in total. The smallest absolute Gasteiger partial charge is 0.282 e. The Bertz CT molecular complexity index is 1270. The van der Waals surface area contributed by atoms with Crippen molar-refractivity contribution in [2.75, 3.05) is 10.2 Å². The number of rotatable bonds is 4. The van der Waals surface area contributed by atoms with E-state index in [1.807, 2.05) is 19.1 Å². The zero-order valence-electron chi connectivity index (χ0n) is 16.3. The molecule has 0 unspecified atom stereocenters. The third-order valence-corrected chi connectivity index (χ3v) is 5.42. The Morgan fingerprint density at radius 2 is 1.52 bits per heavy atom. The van der Waals surface area contributed by atoms with E-state index in [4.69, 9.17) is 28.5 Å². The monoisotopic (exact) mass is 447 g/mol. The number of benzene rings is 3. The molecule has 4 rings (SSSR count). The zero-order valence-corrected chi connectivity index (χ0v) is 17.8. The highest BCUT2D eigenvalue weighted by Gasteiger charge is 2.40. The van der Waals surface area contributed by atoms with E-state index in [-0.39, 0.29) is 11.3 Å². The molecule has 7 heteroatoms. The van der Waals surface area contributed by atoms with Crippen molar-refractivity contribution in [1.82, 2.24) is 0 Å². The van der Waals surface area contributed by atoms with Crippen molar-refractivity contribution in [3.05, 3.63) is 99.2 Å². The lowest BCUT2D eigenvalue weighted by molar-refractivity contribution is -0.120. The van der Waals surface area contributed by atoms with Crippen LogP contribution in [0.15, 0.2) is 72.4 Å². The standard InChI is InChI=1S/C24H15Cl2N3O2/c1-14-2-7-18(26)12-20(14)28-22-21(16-5-8-17(25)9-6-16)23(30)29(24(22)31)19-10-3-15(13-27)4-11-19/h2-12,28H,1H3. The molecule has 31 heavy (non-hydrogen) atoms. The van der Waals surface area contributed by atoms with E-state index in [9.17, 15) is 9.59 Å². The molecule has 152 valence electrons. The number of amides is 2. The number of carbonyl (C=O) groups excluding carboxylic acids is 2. The Hall–Kier alpha value is -3.59. The molecular formula is C24H15Cl2N3O2. The first-order valence-electron chi connectivity index (χ1n) is 9.31. The van der Waals surface area contributed by atoms with Gasteiger partial charge in [0, 0.05) is 15.7 Å². The van der Waals surface area contributed by atoms with Crippen molar-refractivity contribution < 1.29 is 9.59 Å². The van der Waals surface area contributed by atoms with Crippen molar-refractivity contribution in [1.29, 1.82) is 5.26 Å². The summed E-state index contributed by atoms with van der Waals surface area (Å²) >= 11 is 12.1. The van der Waals surface area contributed by atoms with Crippen molar-refractivity contribution in [3.63, 3.8) is 0 Å². The molecule has 0 saturated heterocycles. The summed E-state index contributed by atoms with van der Waals surface area (Å²) in [6.07, 6.45) is 0. The van der Waals surface area contributed by atoms with Gasteiger partial charge in [-0.3, -0.25) is 9.59 Å². The minimum Gasteiger partial charge on any atom is -0.350 e. The molecule has 3 aromatic carbocycles. The number of halogens is 2. The van der Waals surface area contributed by atoms with Gasteiger partial charge in [-0.25, -0.2) is 4.90 Å². The average Bonchev–Trinajstić information content (AvgIpc) is 3.01. The van der Waals surface area contributed by atoms with E-state index < -0.39 is 11.8 Å². The molecule has 2 amide bonds. The number of nitrogens with one attached hydrogen (secondary N) is 1. The number of aryl methyl sites for hydroxylation is 1. The predicted octanol–water partition coefficient (Wildman–Crippen LogP) is 5.57. The minimum atomic E-state index is -0.501. The number of nitrogens with zero attached hydrogens (tertiary/aromatic N) is 2. The Kier molecular flexibility index (Phi) is 5.51. The van der Waals surface area contributed by atoms with Crippen LogP contribution in [-0.4, -0.2) is 11.8 Å². The first-order chi connectivity index (χ1) is 14.9. The lowest BCUT2D eigenvalue weighted by atomic mass is 10.0. The third-order valence-electron chi connectivity index (χ3n) is 4.93. The Labute approximate surface area is 189 Å². The van der Waals surface area contributed by atoms with Crippen molar-refractivity contribution in [3.8, 4) is 6.07 Å². The largest absolute Gasteiger partial charge is 0.350 e. The molecule has 3 aromatic rings. The molecule has 0 bridgehead atoms. The zero-order chi connectivity index (χ0) is 22.1. The molecule has 0 saturated carbocycles. The van der Waals surface area contributed by atoms with Crippen LogP contribution in [0.4, 0.5) is 11.4 Å². The molecule has 1 aliphatic rings. The maximum atomic E-state index is 13.4. The van der Waals surface area contributed by atoms with Crippen LogP contribution < -0.4 is 10.2 Å². The number of nitriles is 1. The van der Waals surface area contributed by atoms with E-state index in [1.165, 1.54) is 0 Å². The maximum Gasteiger partial charge on any atom is 0.282 e. The molecule has 0 aromatic heterocycles. The highest BCUT2D eigenvalue weighted by Crippen LogP contribution is 2.35. The van der Waals surface area contributed by atoms with Crippen LogP contribution in [0, 0.1) is 18.3 Å². The molecule has 0 atom stereocenters. The molecule has 0 radical (unpaired) electrons. The first kappa shape index (κ1) is 20.7. The molecule has 1 aliphatic heterocycles. The highest BCUT2D eigenvalue weighted by molar-refractivity contribution is 6.46. The van der Waals surface area contributed by atoms with Crippen LogP contribution in [0.2, 0.25) is 10.0 Å². The van der Waals surface area contributed by atoms with E-state index >= 15 is 0 Å². The summed E-state index contributed by atoms with van der Waals surface area (Å²) in [5.41, 5.74) is 3.22. The lowest BCUT2D eigenvalue weighted by Gasteiger charge is -2.16. The molecule has 1 heterocycles. The fraction of sp³-hybridized carbons (Fsp3) is 0.0417. The lowest BCUT2D eigenvalue weighted by Crippen LogP contribution is -2.32. The topological polar surface area (TPSA) is 73.2 Å². The summed E-state index contributed by atoms with van der Waals surface area (Å²) < 4.78 is 0. The molecule has 0 aliphatic carbocycles. The van der Waals surface area contributed by atoms with Gasteiger partial charge in [0.15, 0.2) is 0 Å². The van der Waals surface area contributed by atoms with Crippen LogP contribution >= 0.6 is 23.2 Å². The quantitative estimate of drug-likeness (QED) is 0.530. The Morgan fingerprint density at radius 1 is 0.871 bits per heavy atom. The van der Waals surface area contributed by atoms with Crippen LogP contribution in [0.5, 0.6) is 0 Å². The summed E-state index contributed by atoms with van der Waals surface area (Å²) in [6.45, 7) is 1.88. The maximum absolute atomic E-state index is 13.4. The SMILES string of the molecule is Cc1ccc(Cl)cc1NC1=C(c2ccc(Cl)cc2)C(=O)N(c2ccc(C#N)cc2)C1=O. The second-order valence-corrected chi connectivity index (χ2v) is 7.82. The Balaban J connectivity index is 1.83. The van der Waals surface area contributed by atoms with Crippen molar-refractivity contribution >= 4 is 52.0 Å². The number of hydrogen-bond donors (Lipinski definition) is 1. The van der Waals surface area contributed by atoms with Gasteiger partial charge in [-0.2, -0.15) is 5.26 Å². The molecule has 0 fully saturated rings. The van der Waals surface area contributed by atoms with Gasteiger partial charge in [-0.15, -0.1) is 0 Å². The van der Waals surface area contributed by atoms with Gasteiger partial charge < -0.3 is 5.32 Å².